The monoisotopic (exact) mass is 257 g/mol. The minimum Gasteiger partial charge on any atom is -0.351 e. The van der Waals surface area contributed by atoms with E-state index >= 15 is 0 Å². The summed E-state index contributed by atoms with van der Waals surface area (Å²) in [5.74, 6) is 0. The van der Waals surface area contributed by atoms with Gasteiger partial charge in [-0.05, 0) is 18.1 Å². The lowest BCUT2D eigenvalue weighted by Crippen LogP contribution is -2.53. The standard InChI is InChI=1S/C16H23NSi/c1-4-18(5-2)12-8-10-14-13-9-6-7-11-15(13)17(3)16(14)18/h6-7,9,11H,4-5,8,10,12H2,1-3H3. The van der Waals surface area contributed by atoms with Gasteiger partial charge in [0.2, 0.25) is 0 Å². The van der Waals surface area contributed by atoms with E-state index in [0.717, 1.165) is 0 Å². The third-order valence-electron chi connectivity index (χ3n) is 5.15. The van der Waals surface area contributed by atoms with Crippen LogP contribution in [0.4, 0.5) is 0 Å². The van der Waals surface area contributed by atoms with E-state index in [-0.39, 0.29) is 0 Å². The molecule has 0 atom stereocenters. The number of fused-ring (bicyclic) bond motifs is 3. The van der Waals surface area contributed by atoms with Crippen molar-refractivity contribution in [1.82, 2.24) is 4.57 Å². The Morgan fingerprint density at radius 3 is 2.61 bits per heavy atom. The highest BCUT2D eigenvalue weighted by atomic mass is 28.3. The molecule has 2 aromatic rings. The van der Waals surface area contributed by atoms with Crippen molar-refractivity contribution in [3.63, 3.8) is 0 Å². The maximum atomic E-state index is 2.53. The molecule has 0 aliphatic carbocycles. The Balaban J connectivity index is 2.36. The third-order valence-corrected chi connectivity index (χ3v) is 10.8. The largest absolute Gasteiger partial charge is 0.351 e. The molecule has 0 bridgehead atoms. The molecule has 2 heteroatoms. The summed E-state index contributed by atoms with van der Waals surface area (Å²) >= 11 is 0. The normalized spacial score (nSPS) is 17.9. The highest BCUT2D eigenvalue weighted by molar-refractivity contribution is 6.92. The number of aromatic nitrogens is 1. The van der Waals surface area contributed by atoms with Gasteiger partial charge in [-0.2, -0.15) is 0 Å². The van der Waals surface area contributed by atoms with Gasteiger partial charge >= 0.3 is 0 Å². The van der Waals surface area contributed by atoms with Crippen LogP contribution in [0.2, 0.25) is 18.1 Å². The summed E-state index contributed by atoms with van der Waals surface area (Å²) in [6, 6.07) is 13.3. The van der Waals surface area contributed by atoms with Crippen LogP contribution in [0.3, 0.4) is 0 Å². The predicted molar refractivity (Wildman–Crippen MR) is 82.4 cm³/mol. The fourth-order valence-corrected chi connectivity index (χ4v) is 8.76. The highest BCUT2D eigenvalue weighted by Crippen LogP contribution is 2.33. The first-order valence-electron chi connectivity index (χ1n) is 7.30. The summed E-state index contributed by atoms with van der Waals surface area (Å²) in [6.45, 7) is 4.84. The Kier molecular flexibility index (Phi) is 2.85. The van der Waals surface area contributed by atoms with Gasteiger partial charge < -0.3 is 4.57 Å². The van der Waals surface area contributed by atoms with E-state index in [1.165, 1.54) is 41.9 Å². The Labute approximate surface area is 111 Å². The summed E-state index contributed by atoms with van der Waals surface area (Å²) in [5, 5.41) is 3.29. The number of hydrogen-bond acceptors (Lipinski definition) is 0. The fourth-order valence-electron chi connectivity index (χ4n) is 4.06. The number of hydrogen-bond donors (Lipinski definition) is 0. The van der Waals surface area contributed by atoms with Crippen LogP contribution in [0.15, 0.2) is 24.3 Å². The average molecular weight is 257 g/mol. The molecule has 18 heavy (non-hydrogen) atoms. The van der Waals surface area contributed by atoms with Crippen LogP contribution in [-0.4, -0.2) is 12.6 Å². The molecule has 0 unspecified atom stereocenters. The molecule has 1 nitrogen and oxygen atoms in total. The number of nitrogens with zero attached hydrogens (tertiary/aromatic N) is 1. The molecule has 0 amide bonds. The second-order valence-electron chi connectivity index (χ2n) is 5.74. The summed E-state index contributed by atoms with van der Waals surface area (Å²) in [6.07, 6.45) is 2.71. The molecule has 0 radical (unpaired) electrons. The van der Waals surface area contributed by atoms with Crippen molar-refractivity contribution in [3.05, 3.63) is 29.8 Å². The summed E-state index contributed by atoms with van der Waals surface area (Å²) in [7, 11) is 1.08. The predicted octanol–water partition coefficient (Wildman–Crippen LogP) is 3.82. The number of para-hydroxylation sites is 1. The van der Waals surface area contributed by atoms with Gasteiger partial charge in [0.15, 0.2) is 0 Å². The molecule has 96 valence electrons. The van der Waals surface area contributed by atoms with Gasteiger partial charge in [0.25, 0.3) is 0 Å². The van der Waals surface area contributed by atoms with Crippen molar-refractivity contribution < 1.29 is 0 Å². The van der Waals surface area contributed by atoms with Crippen molar-refractivity contribution in [2.75, 3.05) is 0 Å². The van der Waals surface area contributed by atoms with E-state index in [2.05, 4.69) is 49.7 Å². The zero-order valence-electron chi connectivity index (χ0n) is 11.8. The maximum absolute atomic E-state index is 2.53. The highest BCUT2D eigenvalue weighted by Gasteiger charge is 2.39. The van der Waals surface area contributed by atoms with Gasteiger partial charge in [-0.15, -0.1) is 0 Å². The van der Waals surface area contributed by atoms with E-state index in [1.807, 2.05) is 0 Å². The second kappa shape index (κ2) is 4.27. The lowest BCUT2D eigenvalue weighted by Gasteiger charge is -2.35. The lowest BCUT2D eigenvalue weighted by atomic mass is 10.1. The molecule has 1 aliphatic rings. The summed E-state index contributed by atoms with van der Waals surface area (Å²) in [5.41, 5.74) is 3.14. The molecule has 0 fully saturated rings. The molecule has 1 aromatic carbocycles. The van der Waals surface area contributed by atoms with Crippen LogP contribution in [0.25, 0.3) is 10.9 Å². The first-order chi connectivity index (χ1) is 8.73. The lowest BCUT2D eigenvalue weighted by molar-refractivity contribution is 0.858. The molecular weight excluding hydrogens is 234 g/mol. The van der Waals surface area contributed by atoms with Gasteiger partial charge in [-0.3, -0.25) is 0 Å². The van der Waals surface area contributed by atoms with Crippen LogP contribution in [-0.2, 0) is 13.5 Å². The van der Waals surface area contributed by atoms with Crippen molar-refractivity contribution in [3.8, 4) is 0 Å². The van der Waals surface area contributed by atoms with Crippen molar-refractivity contribution in [1.29, 1.82) is 0 Å². The number of benzene rings is 1. The molecule has 1 aromatic heterocycles. The summed E-state index contributed by atoms with van der Waals surface area (Å²) < 4.78 is 2.53. The van der Waals surface area contributed by atoms with Crippen LogP contribution in [0.5, 0.6) is 0 Å². The Bertz CT molecular complexity index is 578. The van der Waals surface area contributed by atoms with Crippen molar-refractivity contribution >= 4 is 24.3 Å². The van der Waals surface area contributed by atoms with Gasteiger partial charge in [-0.25, -0.2) is 0 Å². The van der Waals surface area contributed by atoms with E-state index in [0.29, 0.717) is 0 Å². The van der Waals surface area contributed by atoms with Crippen LogP contribution in [0, 0.1) is 0 Å². The van der Waals surface area contributed by atoms with E-state index in [9.17, 15) is 0 Å². The van der Waals surface area contributed by atoms with E-state index < -0.39 is 8.07 Å². The zero-order valence-corrected chi connectivity index (χ0v) is 12.8. The number of rotatable bonds is 2. The Hall–Kier alpha value is -1.02. The fraction of sp³-hybridized carbons (Fsp3) is 0.500. The quantitative estimate of drug-likeness (QED) is 0.721. The molecule has 0 saturated carbocycles. The molecule has 3 rings (SSSR count). The van der Waals surface area contributed by atoms with Crippen LogP contribution >= 0.6 is 0 Å². The topological polar surface area (TPSA) is 4.93 Å². The SMILES string of the molecule is CC[Si]1(CC)CCCc2c1n(C)c1ccccc21. The first-order valence-corrected chi connectivity index (χ1v) is 9.92. The number of aryl methyl sites for hydroxylation is 2. The van der Waals surface area contributed by atoms with E-state index in [4.69, 9.17) is 0 Å². The van der Waals surface area contributed by atoms with Gasteiger partial charge in [-0.1, -0.05) is 56.6 Å². The van der Waals surface area contributed by atoms with Crippen LogP contribution in [0.1, 0.15) is 25.8 Å². The first kappa shape index (κ1) is 12.0. The van der Waals surface area contributed by atoms with Gasteiger partial charge in [0.1, 0.15) is 8.07 Å². The maximum Gasteiger partial charge on any atom is 0.107 e. The van der Waals surface area contributed by atoms with Crippen molar-refractivity contribution in [2.24, 2.45) is 7.05 Å². The molecule has 2 heterocycles. The third kappa shape index (κ3) is 1.45. The molecule has 0 saturated heterocycles. The smallest absolute Gasteiger partial charge is 0.107 e. The van der Waals surface area contributed by atoms with E-state index in [1.54, 1.807) is 10.9 Å². The Morgan fingerprint density at radius 2 is 1.89 bits per heavy atom. The zero-order chi connectivity index (χ0) is 12.8. The average Bonchev–Trinajstić information content (AvgIpc) is 2.73. The van der Waals surface area contributed by atoms with Gasteiger partial charge in [0.05, 0.1) is 0 Å². The molecule has 0 N–H and O–H groups in total. The minimum absolute atomic E-state index is 1.22. The minimum atomic E-state index is -1.22. The summed E-state index contributed by atoms with van der Waals surface area (Å²) in [4.78, 5) is 0. The molecular formula is C16H23NSi. The van der Waals surface area contributed by atoms with Gasteiger partial charge in [0, 0.05) is 23.3 Å². The van der Waals surface area contributed by atoms with Crippen LogP contribution < -0.4 is 5.32 Å². The Morgan fingerprint density at radius 1 is 1.17 bits per heavy atom. The molecule has 1 aliphatic heterocycles. The second-order valence-corrected chi connectivity index (χ2v) is 10.7. The molecule has 0 spiro atoms. The van der Waals surface area contributed by atoms with Crippen molar-refractivity contribution in [2.45, 2.75) is 44.8 Å².